The molecule has 2 aromatic rings. The van der Waals surface area contributed by atoms with E-state index in [1.54, 1.807) is 25.1 Å². The van der Waals surface area contributed by atoms with Gasteiger partial charge in [0.05, 0.1) is 0 Å². The SMILES string of the molecule is Cc1ccc2c(c1)NC(=O)[C@@]21C(CC(C)(C)C)N[C@@H](C(=O)OC(C)(C)C)C1c1cccc(C)c1F. The van der Waals surface area contributed by atoms with Crippen molar-refractivity contribution in [3.8, 4) is 0 Å². The molecule has 35 heavy (non-hydrogen) atoms. The third kappa shape index (κ3) is 4.37. The number of rotatable bonds is 3. The number of carbonyl (C=O) groups excluding carboxylic acids is 2. The van der Waals surface area contributed by atoms with E-state index in [0.29, 0.717) is 17.5 Å². The molecule has 4 rings (SSSR count). The molecule has 1 fully saturated rings. The van der Waals surface area contributed by atoms with Crippen LogP contribution in [0.1, 0.15) is 76.1 Å². The first-order chi connectivity index (χ1) is 16.1. The Morgan fingerprint density at radius 1 is 1.09 bits per heavy atom. The summed E-state index contributed by atoms with van der Waals surface area (Å²) in [6.07, 6.45) is 0.608. The van der Waals surface area contributed by atoms with Gasteiger partial charge >= 0.3 is 5.97 Å². The van der Waals surface area contributed by atoms with Crippen molar-refractivity contribution in [2.75, 3.05) is 5.32 Å². The number of amides is 1. The van der Waals surface area contributed by atoms with Crippen molar-refractivity contribution >= 4 is 17.6 Å². The van der Waals surface area contributed by atoms with Gasteiger partial charge in [0, 0.05) is 17.6 Å². The number of hydrogen-bond donors (Lipinski definition) is 2. The zero-order chi connectivity index (χ0) is 25.9. The normalized spacial score (nSPS) is 26.1. The highest BCUT2D eigenvalue weighted by Gasteiger charge is 2.66. The summed E-state index contributed by atoms with van der Waals surface area (Å²) >= 11 is 0. The van der Waals surface area contributed by atoms with Crippen molar-refractivity contribution in [3.05, 3.63) is 64.5 Å². The monoisotopic (exact) mass is 480 g/mol. The average molecular weight is 481 g/mol. The van der Waals surface area contributed by atoms with Gasteiger partial charge in [0.15, 0.2) is 0 Å². The minimum Gasteiger partial charge on any atom is -0.459 e. The number of halogens is 1. The molecule has 4 atom stereocenters. The Morgan fingerprint density at radius 2 is 1.77 bits per heavy atom. The summed E-state index contributed by atoms with van der Waals surface area (Å²) in [5.74, 6) is -1.87. The van der Waals surface area contributed by atoms with E-state index in [9.17, 15) is 9.59 Å². The zero-order valence-electron chi connectivity index (χ0n) is 22.0. The summed E-state index contributed by atoms with van der Waals surface area (Å²) in [5.41, 5.74) is 1.31. The van der Waals surface area contributed by atoms with Gasteiger partial charge in [-0.2, -0.15) is 0 Å². The van der Waals surface area contributed by atoms with Gasteiger partial charge in [0.1, 0.15) is 22.9 Å². The van der Waals surface area contributed by atoms with Crippen LogP contribution in [-0.4, -0.2) is 29.6 Å². The second-order valence-corrected chi connectivity index (χ2v) is 12.3. The average Bonchev–Trinajstić information content (AvgIpc) is 3.17. The van der Waals surface area contributed by atoms with Crippen LogP contribution >= 0.6 is 0 Å². The number of fused-ring (bicyclic) bond motifs is 2. The minimum atomic E-state index is -1.17. The highest BCUT2D eigenvalue weighted by atomic mass is 19.1. The van der Waals surface area contributed by atoms with Crippen LogP contribution in [0.4, 0.5) is 10.1 Å². The van der Waals surface area contributed by atoms with Crippen LogP contribution < -0.4 is 10.6 Å². The molecule has 0 bridgehead atoms. The fraction of sp³-hybridized carbons (Fsp3) is 0.517. The van der Waals surface area contributed by atoms with Gasteiger partial charge in [-0.1, -0.05) is 51.1 Å². The van der Waals surface area contributed by atoms with Gasteiger partial charge in [-0.05, 0) is 74.8 Å². The highest BCUT2D eigenvalue weighted by Crippen LogP contribution is 2.57. The third-order valence-electron chi connectivity index (χ3n) is 7.03. The highest BCUT2D eigenvalue weighted by molar-refractivity contribution is 6.09. The molecule has 2 N–H and O–H groups in total. The van der Waals surface area contributed by atoms with Crippen LogP contribution in [0.5, 0.6) is 0 Å². The van der Waals surface area contributed by atoms with Crippen LogP contribution in [-0.2, 0) is 19.7 Å². The van der Waals surface area contributed by atoms with E-state index >= 15 is 4.39 Å². The molecule has 1 spiro atoms. The summed E-state index contributed by atoms with van der Waals surface area (Å²) in [4.78, 5) is 27.7. The summed E-state index contributed by atoms with van der Waals surface area (Å²) in [7, 11) is 0. The van der Waals surface area contributed by atoms with Crippen LogP contribution in [0.2, 0.25) is 0 Å². The number of benzene rings is 2. The molecule has 5 nitrogen and oxygen atoms in total. The lowest BCUT2D eigenvalue weighted by atomic mass is 9.62. The summed E-state index contributed by atoms with van der Waals surface area (Å²) in [5, 5.41) is 6.56. The molecule has 1 amide bonds. The van der Waals surface area contributed by atoms with Crippen molar-refractivity contribution in [2.45, 2.75) is 90.8 Å². The first kappa shape index (κ1) is 25.4. The van der Waals surface area contributed by atoms with E-state index in [1.165, 1.54) is 0 Å². The van der Waals surface area contributed by atoms with Crippen molar-refractivity contribution in [1.29, 1.82) is 0 Å². The Labute approximate surface area is 207 Å². The predicted molar refractivity (Wildman–Crippen MR) is 136 cm³/mol. The lowest BCUT2D eigenvalue weighted by Crippen LogP contribution is -2.49. The lowest BCUT2D eigenvalue weighted by Gasteiger charge is -2.38. The predicted octanol–water partition coefficient (Wildman–Crippen LogP) is 5.53. The standard InChI is InChI=1S/C29H37FN2O3/c1-16-12-13-19-20(14-16)31-26(34)29(19)21(15-27(3,4)5)32-24(25(33)35-28(6,7)8)22(29)18-11-9-10-17(2)23(18)30/h9-14,21-22,24,32H,15H2,1-8H3,(H,31,34)/t21?,22?,24-,29-/m1/s1. The molecule has 0 aliphatic carbocycles. The Bertz CT molecular complexity index is 1180. The lowest BCUT2D eigenvalue weighted by molar-refractivity contribution is -0.157. The van der Waals surface area contributed by atoms with Crippen LogP contribution in [0.15, 0.2) is 36.4 Å². The molecule has 2 unspecified atom stereocenters. The molecule has 0 saturated carbocycles. The van der Waals surface area contributed by atoms with Gasteiger partial charge in [0.25, 0.3) is 0 Å². The molecule has 1 saturated heterocycles. The largest absolute Gasteiger partial charge is 0.459 e. The van der Waals surface area contributed by atoms with Gasteiger partial charge in [0.2, 0.25) is 5.91 Å². The number of nitrogens with one attached hydrogen (secondary N) is 2. The van der Waals surface area contributed by atoms with Gasteiger partial charge in [-0.15, -0.1) is 0 Å². The molecule has 2 aromatic carbocycles. The third-order valence-corrected chi connectivity index (χ3v) is 7.03. The zero-order valence-corrected chi connectivity index (χ0v) is 22.0. The fourth-order valence-corrected chi connectivity index (χ4v) is 5.79. The van der Waals surface area contributed by atoms with E-state index in [-0.39, 0.29) is 11.3 Å². The number of carbonyl (C=O) groups is 2. The first-order valence-electron chi connectivity index (χ1n) is 12.3. The quantitative estimate of drug-likeness (QED) is 0.567. The maximum Gasteiger partial charge on any atom is 0.324 e. The molecule has 188 valence electrons. The maximum absolute atomic E-state index is 15.8. The molecule has 2 aliphatic rings. The molecular formula is C29H37FN2O3. The Hall–Kier alpha value is -2.73. The Morgan fingerprint density at radius 3 is 2.40 bits per heavy atom. The minimum absolute atomic E-state index is 0.156. The summed E-state index contributed by atoms with van der Waals surface area (Å²) < 4.78 is 21.6. The van der Waals surface area contributed by atoms with Gasteiger partial charge in [-0.3, -0.25) is 14.9 Å². The van der Waals surface area contributed by atoms with Crippen molar-refractivity contribution in [1.82, 2.24) is 5.32 Å². The second-order valence-electron chi connectivity index (χ2n) is 12.3. The fourth-order valence-electron chi connectivity index (χ4n) is 5.79. The molecule has 2 aliphatic heterocycles. The topological polar surface area (TPSA) is 67.4 Å². The first-order valence-corrected chi connectivity index (χ1v) is 12.3. The van der Waals surface area contributed by atoms with Crippen molar-refractivity contribution in [3.63, 3.8) is 0 Å². The van der Waals surface area contributed by atoms with Crippen LogP contribution in [0, 0.1) is 25.1 Å². The second kappa shape index (κ2) is 8.44. The molecule has 6 heteroatoms. The Balaban J connectivity index is 2.01. The number of anilines is 1. The van der Waals surface area contributed by atoms with E-state index in [2.05, 4.69) is 31.4 Å². The van der Waals surface area contributed by atoms with E-state index in [1.807, 2.05) is 45.9 Å². The summed E-state index contributed by atoms with van der Waals surface area (Å²) in [6, 6.07) is 9.76. The van der Waals surface area contributed by atoms with E-state index in [0.717, 1.165) is 16.8 Å². The maximum atomic E-state index is 15.8. The smallest absolute Gasteiger partial charge is 0.324 e. The van der Waals surface area contributed by atoms with Crippen molar-refractivity contribution < 1.29 is 18.7 Å². The number of esters is 1. The molecule has 0 radical (unpaired) electrons. The van der Waals surface area contributed by atoms with Gasteiger partial charge in [-0.25, -0.2) is 4.39 Å². The Kier molecular flexibility index (Phi) is 6.12. The number of ether oxygens (including phenoxy) is 1. The van der Waals surface area contributed by atoms with Crippen LogP contribution in [0.25, 0.3) is 0 Å². The molecule has 0 aromatic heterocycles. The molecule has 2 heterocycles. The van der Waals surface area contributed by atoms with E-state index < -0.39 is 40.8 Å². The number of aryl methyl sites for hydroxylation is 2. The van der Waals surface area contributed by atoms with E-state index in [4.69, 9.17) is 4.74 Å². The van der Waals surface area contributed by atoms with Gasteiger partial charge < -0.3 is 10.1 Å². The summed E-state index contributed by atoms with van der Waals surface area (Å²) in [6.45, 7) is 15.4. The van der Waals surface area contributed by atoms with Crippen LogP contribution in [0.3, 0.4) is 0 Å². The number of hydrogen-bond acceptors (Lipinski definition) is 4. The molecular weight excluding hydrogens is 443 g/mol. The van der Waals surface area contributed by atoms with Crippen molar-refractivity contribution in [2.24, 2.45) is 5.41 Å².